The van der Waals surface area contributed by atoms with E-state index in [9.17, 15) is 4.79 Å². The number of benzene rings is 2. The van der Waals surface area contributed by atoms with E-state index in [0.29, 0.717) is 29.3 Å². The Bertz CT molecular complexity index is 1270. The molecule has 0 spiro atoms. The van der Waals surface area contributed by atoms with Crippen LogP contribution in [0.15, 0.2) is 51.9 Å². The minimum atomic E-state index is 0.0246. The maximum atomic E-state index is 13.2. The molecule has 35 heavy (non-hydrogen) atoms. The van der Waals surface area contributed by atoms with Crippen molar-refractivity contribution in [2.24, 2.45) is 10.9 Å². The average Bonchev–Trinajstić information content (AvgIpc) is 3.59. The number of rotatable bonds is 8. The summed E-state index contributed by atoms with van der Waals surface area (Å²) in [5.74, 6) is 1.43. The maximum absolute atomic E-state index is 13.2. The standard InChI is InChI=1S/C28H28BrClN2O2S/c1-2-17-7-11-22-25(13-17)35-28(26(22)27(33)32-21-9-10-21)31-15-19-14-20(29)8-12-24(19)34-16-18-5-3-4-6-23(18)30/h3-6,8,12,14-15,17,21H,2,7,9-11,13,16H2,1H3,(H,32,33)/b31-15+. The summed E-state index contributed by atoms with van der Waals surface area (Å²) >= 11 is 11.5. The summed E-state index contributed by atoms with van der Waals surface area (Å²) in [6, 6.07) is 13.8. The molecule has 0 bridgehead atoms. The molecule has 1 N–H and O–H groups in total. The highest BCUT2D eigenvalue weighted by Crippen LogP contribution is 2.42. The van der Waals surface area contributed by atoms with Gasteiger partial charge in [0.1, 0.15) is 17.4 Å². The SMILES string of the molecule is CCC1CCc2c(sc(/N=C/c3cc(Br)ccc3OCc3ccccc3Cl)c2C(=O)NC2CC2)C1. The largest absolute Gasteiger partial charge is 0.488 e. The van der Waals surface area contributed by atoms with Gasteiger partial charge >= 0.3 is 0 Å². The number of aliphatic imine (C=N–C) groups is 1. The van der Waals surface area contributed by atoms with Crippen LogP contribution in [0.5, 0.6) is 5.75 Å². The summed E-state index contributed by atoms with van der Waals surface area (Å²) in [6.07, 6.45) is 8.25. The molecule has 1 aromatic heterocycles. The van der Waals surface area contributed by atoms with Gasteiger partial charge in [0.05, 0.1) is 5.56 Å². The van der Waals surface area contributed by atoms with Crippen LogP contribution in [0.2, 0.25) is 5.02 Å². The number of nitrogens with zero attached hydrogens (tertiary/aromatic N) is 1. The molecule has 3 aromatic rings. The van der Waals surface area contributed by atoms with Crippen molar-refractivity contribution >= 4 is 56.0 Å². The third kappa shape index (κ3) is 5.82. The molecule has 1 heterocycles. The molecule has 1 fully saturated rings. The van der Waals surface area contributed by atoms with Gasteiger partial charge < -0.3 is 10.1 Å². The molecule has 2 aliphatic carbocycles. The Morgan fingerprint density at radius 2 is 2.09 bits per heavy atom. The molecular formula is C28H28BrClN2O2S. The van der Waals surface area contributed by atoms with E-state index >= 15 is 0 Å². The number of ether oxygens (including phenoxy) is 1. The van der Waals surface area contributed by atoms with Crippen molar-refractivity contribution in [3.05, 3.63) is 79.1 Å². The van der Waals surface area contributed by atoms with Gasteiger partial charge in [-0.05, 0) is 67.9 Å². The van der Waals surface area contributed by atoms with Gasteiger partial charge in [0.2, 0.25) is 0 Å². The van der Waals surface area contributed by atoms with Gasteiger partial charge in [-0.25, -0.2) is 4.99 Å². The molecule has 1 amide bonds. The van der Waals surface area contributed by atoms with Crippen LogP contribution < -0.4 is 10.1 Å². The summed E-state index contributed by atoms with van der Waals surface area (Å²) in [5, 5.41) is 4.66. The van der Waals surface area contributed by atoms with E-state index in [1.54, 1.807) is 11.3 Å². The average molecular weight is 572 g/mol. The number of fused-ring (bicyclic) bond motifs is 1. The van der Waals surface area contributed by atoms with Crippen LogP contribution in [-0.2, 0) is 19.4 Å². The van der Waals surface area contributed by atoms with Crippen molar-refractivity contribution in [2.45, 2.75) is 58.1 Å². The number of amides is 1. The molecule has 1 saturated carbocycles. The number of hydrogen-bond donors (Lipinski definition) is 1. The lowest BCUT2D eigenvalue weighted by Crippen LogP contribution is -2.26. The van der Waals surface area contributed by atoms with Crippen LogP contribution in [0.3, 0.4) is 0 Å². The summed E-state index contributed by atoms with van der Waals surface area (Å²) in [5.41, 5.74) is 3.75. The van der Waals surface area contributed by atoms with Gasteiger partial charge in [-0.3, -0.25) is 4.79 Å². The van der Waals surface area contributed by atoms with E-state index in [2.05, 4.69) is 28.2 Å². The normalized spacial score (nSPS) is 17.4. The van der Waals surface area contributed by atoms with Crippen molar-refractivity contribution in [3.8, 4) is 5.75 Å². The van der Waals surface area contributed by atoms with E-state index in [4.69, 9.17) is 21.3 Å². The van der Waals surface area contributed by atoms with Crippen LogP contribution in [0.1, 0.15) is 64.5 Å². The summed E-state index contributed by atoms with van der Waals surface area (Å²) in [4.78, 5) is 19.4. The van der Waals surface area contributed by atoms with Gasteiger partial charge in [0, 0.05) is 37.8 Å². The first-order valence-corrected chi connectivity index (χ1v) is 14.2. The fourth-order valence-electron chi connectivity index (χ4n) is 4.45. The third-order valence-corrected chi connectivity index (χ3v) is 8.72. The molecule has 0 aliphatic heterocycles. The van der Waals surface area contributed by atoms with Crippen LogP contribution in [0.25, 0.3) is 0 Å². The van der Waals surface area contributed by atoms with Crippen molar-refractivity contribution in [1.29, 1.82) is 0 Å². The van der Waals surface area contributed by atoms with Gasteiger partial charge in [-0.1, -0.05) is 59.1 Å². The van der Waals surface area contributed by atoms with Crippen molar-refractivity contribution in [2.75, 3.05) is 0 Å². The van der Waals surface area contributed by atoms with Crippen LogP contribution >= 0.6 is 38.9 Å². The molecule has 0 saturated heterocycles. The topological polar surface area (TPSA) is 50.7 Å². The lowest BCUT2D eigenvalue weighted by atomic mass is 9.85. The maximum Gasteiger partial charge on any atom is 0.254 e. The van der Waals surface area contributed by atoms with Gasteiger partial charge in [-0.2, -0.15) is 0 Å². The van der Waals surface area contributed by atoms with E-state index in [1.165, 1.54) is 16.9 Å². The number of halogens is 2. The monoisotopic (exact) mass is 570 g/mol. The lowest BCUT2D eigenvalue weighted by molar-refractivity contribution is 0.0951. The molecule has 0 radical (unpaired) electrons. The second-order valence-electron chi connectivity index (χ2n) is 9.27. The summed E-state index contributed by atoms with van der Waals surface area (Å²) in [6.45, 7) is 2.61. The number of carbonyl (C=O) groups excluding carboxylic acids is 1. The summed E-state index contributed by atoms with van der Waals surface area (Å²) < 4.78 is 7.06. The zero-order valence-corrected chi connectivity index (χ0v) is 22.8. The predicted molar refractivity (Wildman–Crippen MR) is 148 cm³/mol. The first kappa shape index (κ1) is 24.5. The minimum absolute atomic E-state index is 0.0246. The molecule has 5 rings (SSSR count). The number of thiophene rings is 1. The highest BCUT2D eigenvalue weighted by molar-refractivity contribution is 9.10. The number of nitrogens with one attached hydrogen (secondary N) is 1. The fraction of sp³-hybridized carbons (Fsp3) is 0.357. The van der Waals surface area contributed by atoms with Crippen molar-refractivity contribution in [3.63, 3.8) is 0 Å². The van der Waals surface area contributed by atoms with E-state index in [-0.39, 0.29) is 5.91 Å². The molecular weight excluding hydrogens is 544 g/mol. The van der Waals surface area contributed by atoms with Gasteiger partial charge in [0.15, 0.2) is 0 Å². The molecule has 7 heteroatoms. The Morgan fingerprint density at radius 3 is 2.86 bits per heavy atom. The van der Waals surface area contributed by atoms with Crippen LogP contribution in [-0.4, -0.2) is 18.2 Å². The molecule has 182 valence electrons. The second kappa shape index (κ2) is 10.9. The van der Waals surface area contributed by atoms with Crippen molar-refractivity contribution < 1.29 is 9.53 Å². The highest BCUT2D eigenvalue weighted by Gasteiger charge is 2.31. The van der Waals surface area contributed by atoms with E-state index < -0.39 is 0 Å². The van der Waals surface area contributed by atoms with Crippen molar-refractivity contribution in [1.82, 2.24) is 5.32 Å². The third-order valence-electron chi connectivity index (χ3n) is 6.70. The quantitative estimate of drug-likeness (QED) is 0.279. The van der Waals surface area contributed by atoms with E-state index in [1.807, 2.05) is 48.7 Å². The van der Waals surface area contributed by atoms with Gasteiger partial charge in [-0.15, -0.1) is 11.3 Å². The molecule has 2 aliphatic rings. The Hall–Kier alpha value is -2.15. The minimum Gasteiger partial charge on any atom is -0.488 e. The van der Waals surface area contributed by atoms with Gasteiger partial charge in [0.25, 0.3) is 5.91 Å². The highest BCUT2D eigenvalue weighted by atomic mass is 79.9. The Balaban J connectivity index is 1.44. The Morgan fingerprint density at radius 1 is 1.26 bits per heavy atom. The zero-order valence-electron chi connectivity index (χ0n) is 19.7. The molecule has 4 nitrogen and oxygen atoms in total. The predicted octanol–water partition coefficient (Wildman–Crippen LogP) is 7.90. The second-order valence-corrected chi connectivity index (χ2v) is 11.7. The fourth-order valence-corrected chi connectivity index (χ4v) is 6.32. The number of hydrogen-bond acceptors (Lipinski definition) is 4. The zero-order chi connectivity index (χ0) is 24.4. The molecule has 2 aromatic carbocycles. The van der Waals surface area contributed by atoms with Crippen LogP contribution in [0, 0.1) is 5.92 Å². The Labute approximate surface area is 223 Å². The first-order chi connectivity index (χ1) is 17.0. The van der Waals surface area contributed by atoms with E-state index in [0.717, 1.165) is 58.3 Å². The number of carbonyl (C=O) groups is 1. The van der Waals surface area contributed by atoms with Crippen LogP contribution in [0.4, 0.5) is 5.00 Å². The smallest absolute Gasteiger partial charge is 0.254 e. The summed E-state index contributed by atoms with van der Waals surface area (Å²) in [7, 11) is 0. The Kier molecular flexibility index (Phi) is 7.61. The lowest BCUT2D eigenvalue weighted by Gasteiger charge is -2.21. The molecule has 1 atom stereocenters. The first-order valence-electron chi connectivity index (χ1n) is 12.2. The molecule has 1 unspecified atom stereocenters.